The summed E-state index contributed by atoms with van der Waals surface area (Å²) in [6, 6.07) is 0. The van der Waals surface area contributed by atoms with E-state index in [4.69, 9.17) is 0 Å². The third-order valence-corrected chi connectivity index (χ3v) is 5.88. The first kappa shape index (κ1) is 15.3. The molecule has 0 radical (unpaired) electrons. The molecule has 0 aromatic rings. The molecule has 0 aromatic heterocycles. The normalized spacial score (nSPS) is 27.6. The van der Waals surface area contributed by atoms with Crippen LogP contribution in [0.25, 0.3) is 0 Å². The quantitative estimate of drug-likeness (QED) is 0.745. The van der Waals surface area contributed by atoms with Crippen LogP contribution >= 0.6 is 0 Å². The van der Waals surface area contributed by atoms with E-state index >= 15 is 0 Å². The smallest absolute Gasteiger partial charge is 0.248 e. The summed E-state index contributed by atoms with van der Waals surface area (Å²) in [7, 11) is -3.14. The van der Waals surface area contributed by atoms with Gasteiger partial charge in [0.25, 0.3) is 0 Å². The number of hydrogen-bond acceptors (Lipinski definition) is 4. The monoisotopic (exact) mass is 302 g/mol. The first-order chi connectivity index (χ1) is 9.28. The Labute approximate surface area is 119 Å². The maximum Gasteiger partial charge on any atom is 0.248 e. The van der Waals surface area contributed by atoms with Gasteiger partial charge in [0.15, 0.2) is 9.84 Å². The van der Waals surface area contributed by atoms with Gasteiger partial charge < -0.3 is 10.2 Å². The van der Waals surface area contributed by atoms with Crippen molar-refractivity contribution in [3.05, 3.63) is 0 Å². The Bertz CT molecular complexity index is 512. The number of nitrogens with one attached hydrogen (secondary N) is 1. The van der Waals surface area contributed by atoms with Gasteiger partial charge in [-0.05, 0) is 32.1 Å². The second-order valence-corrected chi connectivity index (χ2v) is 8.21. The zero-order chi connectivity index (χ0) is 15.0. The minimum absolute atomic E-state index is 0.0389. The molecule has 1 saturated heterocycles. The number of sulfone groups is 1. The fourth-order valence-corrected chi connectivity index (χ4v) is 4.06. The molecule has 1 heterocycles. The molecule has 0 bridgehead atoms. The molecule has 20 heavy (non-hydrogen) atoms. The zero-order valence-electron chi connectivity index (χ0n) is 12.0. The number of piperazine rings is 1. The molecule has 2 amide bonds. The average Bonchev–Trinajstić information content (AvgIpc) is 3.16. The molecule has 114 valence electrons. The lowest BCUT2D eigenvalue weighted by atomic mass is 9.91. The van der Waals surface area contributed by atoms with Gasteiger partial charge in [-0.25, -0.2) is 8.42 Å². The van der Waals surface area contributed by atoms with E-state index in [9.17, 15) is 18.0 Å². The number of nitrogens with zero attached hydrogens (tertiary/aromatic N) is 1. The Hall–Kier alpha value is -1.11. The van der Waals surface area contributed by atoms with Crippen LogP contribution in [0.5, 0.6) is 0 Å². The second-order valence-electron chi connectivity index (χ2n) is 5.90. The highest BCUT2D eigenvalue weighted by Crippen LogP contribution is 2.41. The largest absolute Gasteiger partial charge is 0.340 e. The molecular weight excluding hydrogens is 280 g/mol. The molecule has 0 aromatic carbocycles. The highest BCUT2D eigenvalue weighted by molar-refractivity contribution is 7.91. The molecule has 1 unspecified atom stereocenters. The van der Waals surface area contributed by atoms with Gasteiger partial charge in [0.1, 0.15) is 5.54 Å². The Kier molecular flexibility index (Phi) is 4.09. The van der Waals surface area contributed by atoms with Gasteiger partial charge in [-0.3, -0.25) is 9.59 Å². The lowest BCUT2D eigenvalue weighted by Gasteiger charge is -2.40. The number of rotatable bonds is 6. The summed E-state index contributed by atoms with van der Waals surface area (Å²) in [5, 5.41) is 2.78. The Balaban J connectivity index is 2.04. The van der Waals surface area contributed by atoms with Gasteiger partial charge >= 0.3 is 0 Å². The molecule has 0 spiro atoms. The van der Waals surface area contributed by atoms with Crippen molar-refractivity contribution < 1.29 is 18.0 Å². The van der Waals surface area contributed by atoms with E-state index in [-0.39, 0.29) is 42.3 Å². The van der Waals surface area contributed by atoms with Crippen LogP contribution in [0.4, 0.5) is 0 Å². The van der Waals surface area contributed by atoms with Crippen molar-refractivity contribution in [2.24, 2.45) is 5.92 Å². The van der Waals surface area contributed by atoms with Crippen LogP contribution in [0.2, 0.25) is 0 Å². The minimum Gasteiger partial charge on any atom is -0.340 e. The van der Waals surface area contributed by atoms with Gasteiger partial charge in [0.2, 0.25) is 11.8 Å². The van der Waals surface area contributed by atoms with E-state index < -0.39 is 15.4 Å². The van der Waals surface area contributed by atoms with Crippen LogP contribution in [0.1, 0.15) is 33.1 Å². The predicted molar refractivity (Wildman–Crippen MR) is 74.8 cm³/mol. The zero-order valence-corrected chi connectivity index (χ0v) is 12.8. The summed E-state index contributed by atoms with van der Waals surface area (Å²) in [5.74, 6) is -0.103. The van der Waals surface area contributed by atoms with Crippen LogP contribution in [0.15, 0.2) is 0 Å². The van der Waals surface area contributed by atoms with Crippen LogP contribution in [0, 0.1) is 5.92 Å². The van der Waals surface area contributed by atoms with Crippen molar-refractivity contribution in [1.82, 2.24) is 10.2 Å². The molecule has 1 atom stereocenters. The van der Waals surface area contributed by atoms with Crippen molar-refractivity contribution in [2.45, 2.75) is 38.6 Å². The van der Waals surface area contributed by atoms with E-state index in [0.717, 1.165) is 12.8 Å². The first-order valence-electron chi connectivity index (χ1n) is 7.09. The van der Waals surface area contributed by atoms with Crippen molar-refractivity contribution in [2.75, 3.05) is 24.6 Å². The fraction of sp³-hybridized carbons (Fsp3) is 0.846. The molecule has 2 aliphatic rings. The highest BCUT2D eigenvalue weighted by atomic mass is 32.2. The number of carbonyl (C=O) groups excluding carboxylic acids is 2. The van der Waals surface area contributed by atoms with E-state index in [1.165, 1.54) is 4.90 Å². The Morgan fingerprint density at radius 3 is 2.50 bits per heavy atom. The van der Waals surface area contributed by atoms with E-state index in [1.54, 1.807) is 13.8 Å². The summed E-state index contributed by atoms with van der Waals surface area (Å²) in [6.07, 6.45) is 2.44. The Morgan fingerprint density at radius 1 is 1.30 bits per heavy atom. The van der Waals surface area contributed by atoms with Gasteiger partial charge in [0, 0.05) is 12.3 Å². The molecule has 1 aliphatic carbocycles. The van der Waals surface area contributed by atoms with Crippen molar-refractivity contribution in [3.63, 3.8) is 0 Å². The molecular formula is C13H22N2O4S. The van der Waals surface area contributed by atoms with E-state index in [0.29, 0.717) is 6.42 Å². The summed E-state index contributed by atoms with van der Waals surface area (Å²) in [6.45, 7) is 3.62. The molecule has 6 nitrogen and oxygen atoms in total. The second kappa shape index (κ2) is 5.35. The number of amides is 2. The lowest BCUT2D eigenvalue weighted by molar-refractivity contribution is -0.149. The standard InChI is InChI=1S/C13H22N2O4S/c1-3-7-20(18,19)8-6-15-9-11(16)14-13(2,12(15)17)10-4-5-10/h10H,3-9H2,1-2H3,(H,14,16). The molecule has 2 rings (SSSR count). The molecule has 1 aliphatic heterocycles. The van der Waals surface area contributed by atoms with Crippen molar-refractivity contribution in [3.8, 4) is 0 Å². The van der Waals surface area contributed by atoms with Gasteiger partial charge in [0.05, 0.1) is 12.3 Å². The SMILES string of the molecule is CCCS(=O)(=O)CCN1CC(=O)NC(C)(C2CC2)C1=O. The maximum atomic E-state index is 12.5. The van der Waals surface area contributed by atoms with Crippen molar-refractivity contribution >= 4 is 21.7 Å². The Morgan fingerprint density at radius 2 is 1.95 bits per heavy atom. The summed E-state index contributed by atoms with van der Waals surface area (Å²) in [5.41, 5.74) is -0.843. The van der Waals surface area contributed by atoms with E-state index in [1.807, 2.05) is 0 Å². The minimum atomic E-state index is -3.14. The third kappa shape index (κ3) is 3.13. The van der Waals surface area contributed by atoms with E-state index in [2.05, 4.69) is 5.32 Å². The third-order valence-electron chi connectivity index (χ3n) is 4.05. The number of hydrogen-bond donors (Lipinski definition) is 1. The van der Waals surface area contributed by atoms with Crippen LogP contribution in [-0.4, -0.2) is 55.3 Å². The van der Waals surface area contributed by atoms with Crippen molar-refractivity contribution in [1.29, 1.82) is 0 Å². The lowest BCUT2D eigenvalue weighted by Crippen LogP contribution is -2.66. The summed E-state index contributed by atoms with van der Waals surface area (Å²) in [4.78, 5) is 25.6. The topological polar surface area (TPSA) is 83.6 Å². The molecule has 2 fully saturated rings. The van der Waals surface area contributed by atoms with Crippen LogP contribution in [0.3, 0.4) is 0 Å². The van der Waals surface area contributed by atoms with Gasteiger partial charge in [-0.15, -0.1) is 0 Å². The molecule has 7 heteroatoms. The number of carbonyl (C=O) groups is 2. The average molecular weight is 302 g/mol. The summed E-state index contributed by atoms with van der Waals surface area (Å²) < 4.78 is 23.5. The maximum absolute atomic E-state index is 12.5. The highest BCUT2D eigenvalue weighted by Gasteiger charge is 2.52. The van der Waals surface area contributed by atoms with Gasteiger partial charge in [-0.2, -0.15) is 0 Å². The fourth-order valence-electron chi connectivity index (χ4n) is 2.74. The molecule has 1 saturated carbocycles. The first-order valence-corrected chi connectivity index (χ1v) is 8.91. The van der Waals surface area contributed by atoms with Gasteiger partial charge in [-0.1, -0.05) is 6.92 Å². The summed E-state index contributed by atoms with van der Waals surface area (Å²) >= 11 is 0. The predicted octanol–water partition coefficient (Wildman–Crippen LogP) is -0.0617. The molecule has 1 N–H and O–H groups in total. The van der Waals surface area contributed by atoms with Crippen LogP contribution in [-0.2, 0) is 19.4 Å². The van der Waals surface area contributed by atoms with Crippen LogP contribution < -0.4 is 5.32 Å².